The predicted octanol–water partition coefficient (Wildman–Crippen LogP) is 2.75. The van der Waals surface area contributed by atoms with Gasteiger partial charge in [-0.05, 0) is 31.2 Å². The van der Waals surface area contributed by atoms with Crippen LogP contribution in [0.3, 0.4) is 0 Å². The maximum absolute atomic E-state index is 5.67. The fourth-order valence-corrected chi connectivity index (χ4v) is 2.69. The monoisotopic (exact) mass is 297 g/mol. The van der Waals surface area contributed by atoms with Crippen LogP contribution in [0.25, 0.3) is 0 Å². The molecule has 20 heavy (non-hydrogen) atoms. The van der Waals surface area contributed by atoms with E-state index in [2.05, 4.69) is 41.5 Å². The Bertz CT molecular complexity index is 390. The van der Waals surface area contributed by atoms with Crippen LogP contribution in [0.5, 0.6) is 0 Å². The number of likely N-dealkylation sites (N-methyl/N-ethyl adjacent to an activating group) is 1. The van der Waals surface area contributed by atoms with Crippen LogP contribution in [0.2, 0.25) is 0 Å². The summed E-state index contributed by atoms with van der Waals surface area (Å²) in [6, 6.07) is 0. The average Bonchev–Trinajstić information content (AvgIpc) is 3.11. The van der Waals surface area contributed by atoms with E-state index >= 15 is 0 Å². The third-order valence-corrected chi connectivity index (χ3v) is 4.35. The second-order valence-corrected chi connectivity index (χ2v) is 6.92. The van der Waals surface area contributed by atoms with E-state index in [9.17, 15) is 0 Å². The van der Waals surface area contributed by atoms with Gasteiger partial charge in [0, 0.05) is 32.1 Å². The third-order valence-electron chi connectivity index (χ3n) is 3.35. The Morgan fingerprint density at radius 1 is 1.50 bits per heavy atom. The number of ether oxygens (including phenoxy) is 1. The number of nitrogens with one attached hydrogen (secondary N) is 1. The molecule has 1 aromatic heterocycles. The highest BCUT2D eigenvalue weighted by Crippen LogP contribution is 2.28. The van der Waals surface area contributed by atoms with Crippen LogP contribution < -0.4 is 10.2 Å². The molecule has 0 unspecified atom stereocenters. The minimum absolute atomic E-state index is 0.680. The largest absolute Gasteiger partial charge is 0.379 e. The molecule has 1 heterocycles. The van der Waals surface area contributed by atoms with Crippen molar-refractivity contribution in [2.45, 2.75) is 33.2 Å². The van der Waals surface area contributed by atoms with Crippen LogP contribution in [0.15, 0.2) is 5.38 Å². The van der Waals surface area contributed by atoms with Crippen LogP contribution in [-0.2, 0) is 11.3 Å². The predicted molar refractivity (Wildman–Crippen MR) is 85.5 cm³/mol. The molecule has 0 aliphatic heterocycles. The van der Waals surface area contributed by atoms with Crippen LogP contribution in [0, 0.1) is 11.8 Å². The second kappa shape index (κ2) is 7.96. The van der Waals surface area contributed by atoms with Crippen molar-refractivity contribution in [1.29, 1.82) is 0 Å². The molecule has 0 bridgehead atoms. The molecular weight excluding hydrogens is 270 g/mol. The summed E-state index contributed by atoms with van der Waals surface area (Å²) in [5.74, 6) is 1.53. The van der Waals surface area contributed by atoms with Gasteiger partial charge < -0.3 is 15.0 Å². The molecule has 5 heteroatoms. The summed E-state index contributed by atoms with van der Waals surface area (Å²) in [5, 5.41) is 6.65. The number of thiazole rings is 1. The second-order valence-electron chi connectivity index (χ2n) is 6.09. The zero-order valence-corrected chi connectivity index (χ0v) is 13.7. The molecule has 0 atom stereocenters. The summed E-state index contributed by atoms with van der Waals surface area (Å²) in [6.07, 6.45) is 2.71. The first kappa shape index (κ1) is 15.7. The van der Waals surface area contributed by atoms with E-state index in [1.54, 1.807) is 11.3 Å². The van der Waals surface area contributed by atoms with Crippen molar-refractivity contribution in [3.05, 3.63) is 11.1 Å². The van der Waals surface area contributed by atoms with Gasteiger partial charge in [-0.15, -0.1) is 11.3 Å². The molecule has 0 radical (unpaired) electrons. The van der Waals surface area contributed by atoms with Gasteiger partial charge in [-0.25, -0.2) is 4.98 Å². The summed E-state index contributed by atoms with van der Waals surface area (Å²) in [4.78, 5) is 6.84. The molecule has 1 fully saturated rings. The van der Waals surface area contributed by atoms with Crippen molar-refractivity contribution < 1.29 is 4.74 Å². The zero-order chi connectivity index (χ0) is 14.4. The van der Waals surface area contributed by atoms with E-state index in [-0.39, 0.29) is 0 Å². The van der Waals surface area contributed by atoms with Gasteiger partial charge in [-0.2, -0.15) is 0 Å². The molecule has 0 amide bonds. The van der Waals surface area contributed by atoms with Crippen LogP contribution in [0.1, 0.15) is 32.4 Å². The lowest BCUT2D eigenvalue weighted by Gasteiger charge is -2.15. The van der Waals surface area contributed by atoms with Gasteiger partial charge in [0.05, 0.1) is 12.3 Å². The fraction of sp³-hybridized carbons (Fsp3) is 0.800. The summed E-state index contributed by atoms with van der Waals surface area (Å²) in [6.45, 7) is 8.99. The van der Waals surface area contributed by atoms with Crippen molar-refractivity contribution in [3.8, 4) is 0 Å². The Labute approximate surface area is 126 Å². The summed E-state index contributed by atoms with van der Waals surface area (Å²) in [5.41, 5.74) is 1.14. The highest BCUT2D eigenvalue weighted by molar-refractivity contribution is 7.13. The molecular formula is C15H27N3OS. The molecule has 114 valence electrons. The molecule has 1 aliphatic rings. The molecule has 0 spiro atoms. The van der Waals surface area contributed by atoms with Crippen molar-refractivity contribution in [1.82, 2.24) is 10.3 Å². The molecule has 0 saturated heterocycles. The van der Waals surface area contributed by atoms with Crippen molar-refractivity contribution in [2.24, 2.45) is 11.8 Å². The average molecular weight is 297 g/mol. The Morgan fingerprint density at radius 2 is 2.30 bits per heavy atom. The fourth-order valence-electron chi connectivity index (χ4n) is 1.87. The first-order valence-electron chi connectivity index (χ1n) is 7.59. The molecule has 1 aromatic rings. The van der Waals surface area contributed by atoms with Gasteiger partial charge in [0.25, 0.3) is 0 Å². The smallest absolute Gasteiger partial charge is 0.185 e. The van der Waals surface area contributed by atoms with E-state index in [1.165, 1.54) is 12.8 Å². The molecule has 0 aromatic carbocycles. The maximum atomic E-state index is 5.67. The van der Waals surface area contributed by atoms with Crippen LogP contribution >= 0.6 is 11.3 Å². The quantitative estimate of drug-likeness (QED) is 0.674. The van der Waals surface area contributed by atoms with E-state index in [4.69, 9.17) is 4.74 Å². The van der Waals surface area contributed by atoms with Crippen LogP contribution in [-0.4, -0.2) is 38.3 Å². The Balaban J connectivity index is 1.64. The molecule has 4 nitrogen and oxygen atoms in total. The van der Waals surface area contributed by atoms with Gasteiger partial charge in [0.15, 0.2) is 5.13 Å². The van der Waals surface area contributed by atoms with E-state index in [0.29, 0.717) is 5.92 Å². The van der Waals surface area contributed by atoms with Gasteiger partial charge >= 0.3 is 0 Å². The zero-order valence-electron chi connectivity index (χ0n) is 12.9. The first-order chi connectivity index (χ1) is 9.65. The highest BCUT2D eigenvalue weighted by atomic mass is 32.1. The van der Waals surface area contributed by atoms with Gasteiger partial charge in [-0.3, -0.25) is 0 Å². The van der Waals surface area contributed by atoms with Crippen molar-refractivity contribution in [3.63, 3.8) is 0 Å². The number of aromatic nitrogens is 1. The third kappa shape index (κ3) is 5.77. The standard InChI is InChI=1S/C15H27N3OS/c1-12(2)8-16-9-14-11-20-15(17-14)18(3)6-7-19-10-13-4-5-13/h11-13,16H,4-10H2,1-3H3. The summed E-state index contributed by atoms with van der Waals surface area (Å²) in [7, 11) is 2.09. The molecule has 1 saturated carbocycles. The lowest BCUT2D eigenvalue weighted by atomic mass is 10.2. The minimum atomic E-state index is 0.680. The highest BCUT2D eigenvalue weighted by Gasteiger charge is 2.21. The Hall–Kier alpha value is -0.650. The van der Waals surface area contributed by atoms with Gasteiger partial charge in [0.1, 0.15) is 0 Å². The Morgan fingerprint density at radius 3 is 3.00 bits per heavy atom. The minimum Gasteiger partial charge on any atom is -0.379 e. The van der Waals surface area contributed by atoms with E-state index < -0.39 is 0 Å². The molecule has 1 N–H and O–H groups in total. The van der Waals surface area contributed by atoms with E-state index in [0.717, 1.165) is 49.6 Å². The van der Waals surface area contributed by atoms with Crippen LogP contribution in [0.4, 0.5) is 5.13 Å². The number of nitrogens with zero attached hydrogens (tertiary/aromatic N) is 2. The Kier molecular flexibility index (Phi) is 6.26. The SMILES string of the molecule is CC(C)CNCc1csc(N(C)CCOCC2CC2)n1. The summed E-state index contributed by atoms with van der Waals surface area (Å²) >= 11 is 1.71. The lowest BCUT2D eigenvalue weighted by molar-refractivity contribution is 0.131. The summed E-state index contributed by atoms with van der Waals surface area (Å²) < 4.78 is 5.67. The number of anilines is 1. The number of hydrogen-bond acceptors (Lipinski definition) is 5. The van der Waals surface area contributed by atoms with Gasteiger partial charge in [0.2, 0.25) is 0 Å². The molecule has 2 rings (SSSR count). The normalized spacial score (nSPS) is 15.0. The maximum Gasteiger partial charge on any atom is 0.185 e. The van der Waals surface area contributed by atoms with Crippen molar-refractivity contribution in [2.75, 3.05) is 38.3 Å². The van der Waals surface area contributed by atoms with Crippen molar-refractivity contribution >= 4 is 16.5 Å². The first-order valence-corrected chi connectivity index (χ1v) is 8.47. The lowest BCUT2D eigenvalue weighted by Crippen LogP contribution is -2.23. The molecule has 1 aliphatic carbocycles. The topological polar surface area (TPSA) is 37.4 Å². The number of rotatable bonds is 10. The number of hydrogen-bond donors (Lipinski definition) is 1. The van der Waals surface area contributed by atoms with Gasteiger partial charge in [-0.1, -0.05) is 13.8 Å². The van der Waals surface area contributed by atoms with E-state index in [1.807, 2.05) is 0 Å².